The van der Waals surface area contributed by atoms with Crippen LogP contribution >= 0.6 is 0 Å². The Balaban J connectivity index is 1.15. The van der Waals surface area contributed by atoms with Crippen LogP contribution in [-0.2, 0) is 11.3 Å². The monoisotopic (exact) mass is 402 g/mol. The van der Waals surface area contributed by atoms with Crippen LogP contribution in [0, 0.1) is 0 Å². The maximum absolute atomic E-state index is 12.8. The van der Waals surface area contributed by atoms with E-state index < -0.39 is 0 Å². The van der Waals surface area contributed by atoms with Gasteiger partial charge in [-0.05, 0) is 29.7 Å². The molecule has 0 radical (unpaired) electrons. The lowest BCUT2D eigenvalue weighted by molar-refractivity contribution is -0.133. The second kappa shape index (κ2) is 7.98. The molecular formula is C22H22N6O2. The van der Waals surface area contributed by atoms with Gasteiger partial charge in [0.25, 0.3) is 0 Å². The SMILES string of the molecule is O=C(Cn1ccc2ccccc21)N1CCC(Oc2ccc(-n3cccn3)nn2)CC1. The van der Waals surface area contributed by atoms with Crippen molar-refractivity contribution in [2.75, 3.05) is 13.1 Å². The van der Waals surface area contributed by atoms with E-state index in [0.29, 0.717) is 31.3 Å². The minimum atomic E-state index is 0.0336. The van der Waals surface area contributed by atoms with Crippen LogP contribution in [0.4, 0.5) is 0 Å². The van der Waals surface area contributed by atoms with Gasteiger partial charge < -0.3 is 14.2 Å². The molecule has 1 aliphatic heterocycles. The van der Waals surface area contributed by atoms with Crippen molar-refractivity contribution in [2.45, 2.75) is 25.5 Å². The molecule has 5 rings (SSSR count). The van der Waals surface area contributed by atoms with Crippen LogP contribution in [0.5, 0.6) is 5.88 Å². The summed E-state index contributed by atoms with van der Waals surface area (Å²) in [5, 5.41) is 13.6. The molecule has 3 aromatic heterocycles. The van der Waals surface area contributed by atoms with Crippen LogP contribution in [0.2, 0.25) is 0 Å². The minimum Gasteiger partial charge on any atom is -0.473 e. The first kappa shape index (κ1) is 18.4. The quantitative estimate of drug-likeness (QED) is 0.513. The molecule has 30 heavy (non-hydrogen) atoms. The van der Waals surface area contributed by atoms with Crippen LogP contribution in [0.3, 0.4) is 0 Å². The van der Waals surface area contributed by atoms with Gasteiger partial charge in [0, 0.05) is 56.1 Å². The number of amides is 1. The maximum Gasteiger partial charge on any atom is 0.242 e. The van der Waals surface area contributed by atoms with Crippen molar-refractivity contribution in [3.63, 3.8) is 0 Å². The molecule has 0 aliphatic carbocycles. The Bertz CT molecular complexity index is 1130. The zero-order chi connectivity index (χ0) is 20.3. The van der Waals surface area contributed by atoms with Gasteiger partial charge in [-0.2, -0.15) is 5.10 Å². The van der Waals surface area contributed by atoms with Crippen molar-refractivity contribution >= 4 is 16.8 Å². The van der Waals surface area contributed by atoms with Gasteiger partial charge in [0.05, 0.1) is 0 Å². The lowest BCUT2D eigenvalue weighted by Gasteiger charge is -2.32. The highest BCUT2D eigenvalue weighted by Crippen LogP contribution is 2.19. The average Bonchev–Trinajstić information content (AvgIpc) is 3.46. The van der Waals surface area contributed by atoms with E-state index in [2.05, 4.69) is 21.4 Å². The van der Waals surface area contributed by atoms with Crippen LogP contribution in [0.1, 0.15) is 12.8 Å². The van der Waals surface area contributed by atoms with Gasteiger partial charge in [-0.3, -0.25) is 4.79 Å². The Morgan fingerprint density at radius 3 is 2.63 bits per heavy atom. The maximum atomic E-state index is 12.8. The fraction of sp³-hybridized carbons (Fsp3) is 0.273. The minimum absolute atomic E-state index is 0.0336. The second-order valence-electron chi connectivity index (χ2n) is 7.38. The van der Waals surface area contributed by atoms with Crippen molar-refractivity contribution in [2.24, 2.45) is 0 Å². The summed E-state index contributed by atoms with van der Waals surface area (Å²) < 4.78 is 9.63. The van der Waals surface area contributed by atoms with E-state index in [1.165, 1.54) is 0 Å². The molecule has 4 heterocycles. The third kappa shape index (κ3) is 3.76. The molecule has 152 valence electrons. The molecule has 0 unspecified atom stereocenters. The summed E-state index contributed by atoms with van der Waals surface area (Å²) in [6.45, 7) is 1.72. The number of ether oxygens (including phenoxy) is 1. The molecule has 0 bridgehead atoms. The molecular weight excluding hydrogens is 380 g/mol. The van der Waals surface area contributed by atoms with Gasteiger partial charge in [0.1, 0.15) is 12.6 Å². The molecule has 1 fully saturated rings. The molecule has 0 atom stereocenters. The molecule has 0 N–H and O–H groups in total. The van der Waals surface area contributed by atoms with Crippen molar-refractivity contribution in [1.29, 1.82) is 0 Å². The normalized spacial score (nSPS) is 14.9. The first-order valence-corrected chi connectivity index (χ1v) is 10.1. The number of hydrogen-bond donors (Lipinski definition) is 0. The van der Waals surface area contributed by atoms with E-state index in [0.717, 1.165) is 23.7 Å². The Kier molecular flexibility index (Phi) is 4.88. The van der Waals surface area contributed by atoms with E-state index in [1.54, 1.807) is 16.9 Å². The predicted molar refractivity (Wildman–Crippen MR) is 111 cm³/mol. The summed E-state index contributed by atoms with van der Waals surface area (Å²) in [7, 11) is 0. The first-order chi connectivity index (χ1) is 14.8. The largest absolute Gasteiger partial charge is 0.473 e. The van der Waals surface area contributed by atoms with Crippen LogP contribution in [0.15, 0.2) is 67.1 Å². The zero-order valence-corrected chi connectivity index (χ0v) is 16.5. The summed E-state index contributed by atoms with van der Waals surface area (Å²) in [6.07, 6.45) is 7.07. The Hall–Kier alpha value is -3.68. The third-order valence-electron chi connectivity index (χ3n) is 5.43. The first-order valence-electron chi connectivity index (χ1n) is 10.1. The topological polar surface area (TPSA) is 78.1 Å². The van der Waals surface area contributed by atoms with Crippen LogP contribution in [0.25, 0.3) is 16.7 Å². The van der Waals surface area contributed by atoms with E-state index >= 15 is 0 Å². The summed E-state index contributed by atoms with van der Waals surface area (Å²) >= 11 is 0. The highest BCUT2D eigenvalue weighted by molar-refractivity contribution is 5.83. The lowest BCUT2D eigenvalue weighted by Crippen LogP contribution is -2.43. The number of benzene rings is 1. The number of piperidine rings is 1. The molecule has 8 nitrogen and oxygen atoms in total. The van der Waals surface area contributed by atoms with E-state index in [9.17, 15) is 4.79 Å². The van der Waals surface area contributed by atoms with Gasteiger partial charge in [0.2, 0.25) is 11.8 Å². The molecule has 1 aliphatic rings. The molecule has 0 spiro atoms. The number of likely N-dealkylation sites (tertiary alicyclic amines) is 1. The van der Waals surface area contributed by atoms with Crippen molar-refractivity contribution in [3.8, 4) is 11.7 Å². The number of carbonyl (C=O) groups is 1. The second-order valence-corrected chi connectivity index (χ2v) is 7.38. The van der Waals surface area contributed by atoms with Gasteiger partial charge in [-0.15, -0.1) is 10.2 Å². The smallest absolute Gasteiger partial charge is 0.242 e. The van der Waals surface area contributed by atoms with E-state index in [1.807, 2.05) is 58.3 Å². The number of aromatic nitrogens is 5. The van der Waals surface area contributed by atoms with Gasteiger partial charge >= 0.3 is 0 Å². The van der Waals surface area contributed by atoms with Gasteiger partial charge in [-0.1, -0.05) is 18.2 Å². The lowest BCUT2D eigenvalue weighted by atomic mass is 10.1. The third-order valence-corrected chi connectivity index (χ3v) is 5.43. The van der Waals surface area contributed by atoms with E-state index in [-0.39, 0.29) is 12.0 Å². The summed E-state index contributed by atoms with van der Waals surface area (Å²) in [4.78, 5) is 14.7. The Morgan fingerprint density at radius 1 is 1.00 bits per heavy atom. The number of para-hydroxylation sites is 1. The van der Waals surface area contributed by atoms with Crippen LogP contribution < -0.4 is 4.74 Å². The molecule has 1 aromatic carbocycles. The zero-order valence-electron chi connectivity index (χ0n) is 16.5. The van der Waals surface area contributed by atoms with Crippen molar-refractivity contribution < 1.29 is 9.53 Å². The fourth-order valence-corrected chi connectivity index (χ4v) is 3.82. The highest BCUT2D eigenvalue weighted by Gasteiger charge is 2.24. The summed E-state index contributed by atoms with van der Waals surface area (Å²) in [6, 6.07) is 15.6. The van der Waals surface area contributed by atoms with Crippen molar-refractivity contribution in [1.82, 2.24) is 29.4 Å². The molecule has 1 saturated heterocycles. The van der Waals surface area contributed by atoms with E-state index in [4.69, 9.17) is 4.74 Å². The Morgan fingerprint density at radius 2 is 1.87 bits per heavy atom. The molecule has 4 aromatic rings. The number of hydrogen-bond acceptors (Lipinski definition) is 5. The van der Waals surface area contributed by atoms with Crippen LogP contribution in [-0.4, -0.2) is 54.5 Å². The average molecular weight is 402 g/mol. The Labute approximate surface area is 173 Å². The fourth-order valence-electron chi connectivity index (χ4n) is 3.82. The number of carbonyl (C=O) groups excluding carboxylic acids is 1. The van der Waals surface area contributed by atoms with Crippen molar-refractivity contribution in [3.05, 3.63) is 67.1 Å². The number of fused-ring (bicyclic) bond motifs is 1. The molecule has 0 saturated carbocycles. The number of rotatable bonds is 5. The molecule has 8 heteroatoms. The van der Waals surface area contributed by atoms with Gasteiger partial charge in [-0.25, -0.2) is 4.68 Å². The summed E-state index contributed by atoms with van der Waals surface area (Å²) in [5.41, 5.74) is 1.08. The standard InChI is InChI=1S/C22H22N6O2/c29-22(16-27-13-8-17-4-1-2-5-19(17)27)26-14-9-18(10-15-26)30-21-7-6-20(24-25-21)28-12-3-11-23-28/h1-8,11-13,18H,9-10,14-16H2. The summed E-state index contributed by atoms with van der Waals surface area (Å²) in [5.74, 6) is 1.28. The number of nitrogens with zero attached hydrogens (tertiary/aromatic N) is 6. The van der Waals surface area contributed by atoms with Gasteiger partial charge in [0.15, 0.2) is 5.82 Å². The molecule has 1 amide bonds. The predicted octanol–water partition coefficient (Wildman–Crippen LogP) is 2.69. The highest BCUT2D eigenvalue weighted by atomic mass is 16.5.